The van der Waals surface area contributed by atoms with Crippen LogP contribution in [0.3, 0.4) is 0 Å². The number of carboxylic acids is 1. The van der Waals surface area contributed by atoms with Crippen molar-refractivity contribution in [3.8, 4) is 0 Å². The zero-order valence-corrected chi connectivity index (χ0v) is 12.9. The lowest BCUT2D eigenvalue weighted by Gasteiger charge is -2.31. The van der Waals surface area contributed by atoms with Gasteiger partial charge in [-0.05, 0) is 43.9 Å². The third-order valence-corrected chi connectivity index (χ3v) is 4.61. The van der Waals surface area contributed by atoms with Gasteiger partial charge in [0.25, 0.3) is 0 Å². The lowest BCUT2D eigenvalue weighted by Crippen LogP contribution is -2.39. The van der Waals surface area contributed by atoms with Crippen LogP contribution in [0.1, 0.15) is 24.8 Å². The summed E-state index contributed by atoms with van der Waals surface area (Å²) in [4.78, 5) is 15.5. The van der Waals surface area contributed by atoms with Crippen LogP contribution in [0.2, 0.25) is 0 Å². The largest absolute Gasteiger partial charge is 0.481 e. The number of aromatic nitrogens is 2. The van der Waals surface area contributed by atoms with Gasteiger partial charge in [-0.15, -0.1) is 0 Å². The maximum absolute atomic E-state index is 10.9. The van der Waals surface area contributed by atoms with Gasteiger partial charge in [-0.25, -0.2) is 9.66 Å². The summed E-state index contributed by atoms with van der Waals surface area (Å²) in [7, 11) is 0. The number of piperidine rings is 1. The van der Waals surface area contributed by atoms with Crippen LogP contribution in [0.25, 0.3) is 11.0 Å². The highest BCUT2D eigenvalue weighted by molar-refractivity contribution is 7.99. The molecule has 0 amide bonds. The molecule has 0 radical (unpaired) electrons. The number of nitrogens with zero attached hydrogens (tertiary/aromatic N) is 3. The van der Waals surface area contributed by atoms with Gasteiger partial charge in [0.1, 0.15) is 0 Å². The highest BCUT2D eigenvalue weighted by Crippen LogP contribution is 2.26. The fourth-order valence-electron chi connectivity index (χ4n) is 2.73. The smallest absolute Gasteiger partial charge is 0.313 e. The number of rotatable bonds is 4. The van der Waals surface area contributed by atoms with Crippen molar-refractivity contribution in [3.05, 3.63) is 23.8 Å². The molecule has 3 rings (SSSR count). The molecule has 0 spiro atoms. The van der Waals surface area contributed by atoms with Crippen LogP contribution in [0.15, 0.2) is 23.4 Å². The molecule has 1 fully saturated rings. The summed E-state index contributed by atoms with van der Waals surface area (Å²) in [6.07, 6.45) is 3.61. The summed E-state index contributed by atoms with van der Waals surface area (Å²) in [6.45, 7) is 4.04. The summed E-state index contributed by atoms with van der Waals surface area (Å²) >= 11 is 1.29. The monoisotopic (exact) mass is 305 g/mol. The molecule has 0 aliphatic carbocycles. The molecule has 0 bridgehead atoms. The first-order chi connectivity index (χ1) is 10.1. The van der Waals surface area contributed by atoms with Crippen LogP contribution in [0.4, 0.5) is 0 Å². The van der Waals surface area contributed by atoms with Gasteiger partial charge in [0.2, 0.25) is 0 Å². The molecule has 0 unspecified atom stereocenters. The van der Waals surface area contributed by atoms with Gasteiger partial charge in [0.15, 0.2) is 5.16 Å². The SMILES string of the molecule is Cc1ccc2c(c1)nc(SCC(=O)O)n2N1CCCCC1. The number of imidazole rings is 1. The van der Waals surface area contributed by atoms with E-state index in [9.17, 15) is 4.79 Å². The maximum Gasteiger partial charge on any atom is 0.313 e. The normalized spacial score (nSPS) is 15.6. The third kappa shape index (κ3) is 3.00. The Labute approximate surface area is 127 Å². The second-order valence-electron chi connectivity index (χ2n) is 5.40. The fraction of sp³-hybridized carbons (Fsp3) is 0.467. The second-order valence-corrected chi connectivity index (χ2v) is 6.34. The minimum absolute atomic E-state index is 0.0378. The first kappa shape index (κ1) is 14.3. The van der Waals surface area contributed by atoms with Gasteiger partial charge in [0, 0.05) is 13.1 Å². The number of benzene rings is 1. The van der Waals surface area contributed by atoms with Crippen LogP contribution in [-0.4, -0.2) is 39.6 Å². The van der Waals surface area contributed by atoms with E-state index in [4.69, 9.17) is 5.11 Å². The fourth-order valence-corrected chi connectivity index (χ4v) is 3.48. The summed E-state index contributed by atoms with van der Waals surface area (Å²) < 4.78 is 2.11. The number of thioether (sulfide) groups is 1. The minimum atomic E-state index is -0.812. The third-order valence-electron chi connectivity index (χ3n) is 3.70. The molecule has 112 valence electrons. The van der Waals surface area contributed by atoms with Crippen molar-refractivity contribution in [3.63, 3.8) is 0 Å². The van der Waals surface area contributed by atoms with Crippen LogP contribution < -0.4 is 5.01 Å². The van der Waals surface area contributed by atoms with E-state index < -0.39 is 5.97 Å². The van der Waals surface area contributed by atoms with E-state index in [0.717, 1.165) is 29.3 Å². The zero-order valence-electron chi connectivity index (χ0n) is 12.1. The van der Waals surface area contributed by atoms with Crippen LogP contribution in [0, 0.1) is 6.92 Å². The maximum atomic E-state index is 10.9. The van der Waals surface area contributed by atoms with E-state index >= 15 is 0 Å². The molecule has 1 aliphatic heterocycles. The van der Waals surface area contributed by atoms with E-state index in [1.54, 1.807) is 0 Å². The number of carbonyl (C=O) groups is 1. The van der Waals surface area contributed by atoms with Crippen molar-refractivity contribution >= 4 is 28.8 Å². The molecule has 2 aromatic rings. The van der Waals surface area contributed by atoms with E-state index in [1.165, 1.54) is 36.6 Å². The number of hydrogen-bond acceptors (Lipinski definition) is 4. The summed E-state index contributed by atoms with van der Waals surface area (Å²) in [6, 6.07) is 6.22. The van der Waals surface area contributed by atoms with Gasteiger partial charge in [0.05, 0.1) is 16.8 Å². The van der Waals surface area contributed by atoms with Crippen molar-refractivity contribution in [2.45, 2.75) is 31.3 Å². The summed E-state index contributed by atoms with van der Waals surface area (Å²) in [5, 5.41) is 12.0. The molecule has 21 heavy (non-hydrogen) atoms. The average Bonchev–Trinajstić information content (AvgIpc) is 2.83. The Morgan fingerprint density at radius 1 is 1.33 bits per heavy atom. The van der Waals surface area contributed by atoms with Gasteiger partial charge in [-0.3, -0.25) is 4.79 Å². The van der Waals surface area contributed by atoms with E-state index in [2.05, 4.69) is 32.9 Å². The standard InChI is InChI=1S/C15H19N3O2S/c1-11-5-6-13-12(9-11)16-15(21-10-14(19)20)18(13)17-7-3-2-4-8-17/h5-6,9H,2-4,7-8,10H2,1H3,(H,19,20). The predicted octanol–water partition coefficient (Wildman–Crippen LogP) is 2.64. The van der Waals surface area contributed by atoms with Crippen LogP contribution in [0.5, 0.6) is 0 Å². The van der Waals surface area contributed by atoms with Crippen molar-refractivity contribution in [1.29, 1.82) is 0 Å². The first-order valence-corrected chi connectivity index (χ1v) is 8.22. The minimum Gasteiger partial charge on any atom is -0.481 e. The number of aliphatic carboxylic acids is 1. The van der Waals surface area contributed by atoms with Gasteiger partial charge >= 0.3 is 5.97 Å². The Bertz CT molecular complexity index is 662. The predicted molar refractivity (Wildman–Crippen MR) is 84.6 cm³/mol. The first-order valence-electron chi connectivity index (χ1n) is 7.24. The van der Waals surface area contributed by atoms with E-state index in [0.29, 0.717) is 0 Å². The second kappa shape index (κ2) is 5.97. The highest BCUT2D eigenvalue weighted by Gasteiger charge is 2.19. The molecule has 2 heterocycles. The molecule has 1 aromatic heterocycles. The van der Waals surface area contributed by atoms with Crippen molar-refractivity contribution in [1.82, 2.24) is 9.66 Å². The molecule has 1 saturated heterocycles. The summed E-state index contributed by atoms with van der Waals surface area (Å²) in [5.41, 5.74) is 3.17. The van der Waals surface area contributed by atoms with Crippen molar-refractivity contribution < 1.29 is 9.90 Å². The molecule has 6 heteroatoms. The number of fused-ring (bicyclic) bond motifs is 1. The van der Waals surface area contributed by atoms with Gasteiger partial charge in [-0.2, -0.15) is 0 Å². The Morgan fingerprint density at radius 2 is 2.10 bits per heavy atom. The summed E-state index contributed by atoms with van der Waals surface area (Å²) in [5.74, 6) is -0.774. The van der Waals surface area contributed by atoms with Crippen molar-refractivity contribution in [2.75, 3.05) is 23.9 Å². The molecular weight excluding hydrogens is 286 g/mol. The van der Waals surface area contributed by atoms with Crippen molar-refractivity contribution in [2.24, 2.45) is 0 Å². The van der Waals surface area contributed by atoms with Crippen LogP contribution in [-0.2, 0) is 4.79 Å². The van der Waals surface area contributed by atoms with E-state index in [-0.39, 0.29) is 5.75 Å². The number of carboxylic acid groups (broad SMARTS) is 1. The Morgan fingerprint density at radius 3 is 2.81 bits per heavy atom. The molecule has 0 saturated carbocycles. The Hall–Kier alpha value is -1.69. The lowest BCUT2D eigenvalue weighted by molar-refractivity contribution is -0.133. The van der Waals surface area contributed by atoms with Gasteiger partial charge in [-0.1, -0.05) is 17.8 Å². The molecule has 1 N–H and O–H groups in total. The quantitative estimate of drug-likeness (QED) is 0.880. The number of hydrogen-bond donors (Lipinski definition) is 1. The topological polar surface area (TPSA) is 58.4 Å². The molecule has 1 aliphatic rings. The van der Waals surface area contributed by atoms with E-state index in [1.807, 2.05) is 6.92 Å². The Kier molecular flexibility index (Phi) is 4.05. The lowest BCUT2D eigenvalue weighted by atomic mass is 10.2. The Balaban J connectivity index is 2.03. The molecule has 0 atom stereocenters. The highest BCUT2D eigenvalue weighted by atomic mass is 32.2. The average molecular weight is 305 g/mol. The molecular formula is C15H19N3O2S. The molecule has 5 nitrogen and oxygen atoms in total. The molecule has 1 aromatic carbocycles. The van der Waals surface area contributed by atoms with Gasteiger partial charge < -0.3 is 10.1 Å². The zero-order chi connectivity index (χ0) is 14.8. The number of aryl methyl sites for hydroxylation is 1. The van der Waals surface area contributed by atoms with Crippen LogP contribution >= 0.6 is 11.8 Å².